The molecule has 2 heterocycles. The molecule has 8 heteroatoms. The minimum Gasteiger partial charge on any atom is -0.385 e. The van der Waals surface area contributed by atoms with Crippen molar-refractivity contribution in [3.63, 3.8) is 0 Å². The largest absolute Gasteiger partial charge is 0.385 e. The highest BCUT2D eigenvalue weighted by atomic mass is 19.1. The van der Waals surface area contributed by atoms with Crippen LogP contribution in [0.2, 0.25) is 0 Å². The molecule has 38 heavy (non-hydrogen) atoms. The van der Waals surface area contributed by atoms with Crippen molar-refractivity contribution in [1.82, 2.24) is 20.1 Å². The molecule has 1 N–H and O–H groups in total. The summed E-state index contributed by atoms with van der Waals surface area (Å²) in [6, 6.07) is 8.76. The Labute approximate surface area is 227 Å². The van der Waals surface area contributed by atoms with Crippen LogP contribution in [-0.4, -0.2) is 65.5 Å². The fourth-order valence-electron chi connectivity index (χ4n) is 5.40. The molecule has 1 saturated heterocycles. The number of methoxy groups -OCH3 is 1. The summed E-state index contributed by atoms with van der Waals surface area (Å²) in [4.78, 5) is 35.1. The zero-order chi connectivity index (χ0) is 27.4. The summed E-state index contributed by atoms with van der Waals surface area (Å²) in [5, 5.41) is 3.07. The lowest BCUT2D eigenvalue weighted by atomic mass is 9.97. The maximum atomic E-state index is 15.2. The van der Waals surface area contributed by atoms with Gasteiger partial charge >= 0.3 is 0 Å². The molecule has 1 aliphatic heterocycles. The minimum absolute atomic E-state index is 0. The number of piperazine rings is 1. The van der Waals surface area contributed by atoms with Crippen LogP contribution in [0, 0.1) is 18.7 Å². The molecule has 0 radical (unpaired) electrons. The van der Waals surface area contributed by atoms with Gasteiger partial charge in [-0.05, 0) is 61.8 Å². The molecule has 2 fully saturated rings. The molecule has 0 spiro atoms. The van der Waals surface area contributed by atoms with E-state index in [9.17, 15) is 9.59 Å². The number of carbonyl (C=O) groups excluding carboxylic acids is 2. The first-order valence-electron chi connectivity index (χ1n) is 13.7. The highest BCUT2D eigenvalue weighted by Gasteiger charge is 2.42. The molecule has 4 rings (SSSR count). The summed E-state index contributed by atoms with van der Waals surface area (Å²) in [5.74, 6) is -0.154. The van der Waals surface area contributed by atoms with Gasteiger partial charge in [-0.25, -0.2) is 4.39 Å². The number of ether oxygens (including phenoxy) is 1. The van der Waals surface area contributed by atoms with Crippen molar-refractivity contribution in [2.24, 2.45) is 5.92 Å². The third-order valence-corrected chi connectivity index (χ3v) is 7.72. The second-order valence-corrected chi connectivity index (χ2v) is 11.1. The predicted molar refractivity (Wildman–Crippen MR) is 147 cm³/mol. The van der Waals surface area contributed by atoms with Crippen molar-refractivity contribution >= 4 is 11.8 Å². The average molecular weight is 527 g/mol. The van der Waals surface area contributed by atoms with Gasteiger partial charge < -0.3 is 15.0 Å². The molecule has 2 amide bonds. The molecule has 2 aromatic rings. The monoisotopic (exact) mass is 526 g/mol. The van der Waals surface area contributed by atoms with Crippen molar-refractivity contribution < 1.29 is 20.1 Å². The number of aryl methyl sites for hydroxylation is 1. The third-order valence-electron chi connectivity index (χ3n) is 7.72. The number of benzene rings is 1. The highest BCUT2D eigenvalue weighted by molar-refractivity contribution is 5.89. The molecule has 1 aromatic carbocycles. The lowest BCUT2D eigenvalue weighted by Crippen LogP contribution is -2.65. The van der Waals surface area contributed by atoms with Crippen molar-refractivity contribution in [3.8, 4) is 0 Å². The molecule has 2 aliphatic rings. The van der Waals surface area contributed by atoms with E-state index >= 15 is 4.39 Å². The Morgan fingerprint density at radius 1 is 1.18 bits per heavy atom. The van der Waals surface area contributed by atoms with E-state index in [4.69, 9.17) is 4.74 Å². The van der Waals surface area contributed by atoms with Gasteiger partial charge in [0, 0.05) is 52.9 Å². The normalized spacial score (nSPS) is 21.0. The summed E-state index contributed by atoms with van der Waals surface area (Å²) in [5.41, 5.74) is 3.26. The van der Waals surface area contributed by atoms with Crippen molar-refractivity contribution in [2.75, 3.05) is 26.8 Å². The fraction of sp³-hybridized carbons (Fsp3) is 0.567. The molecule has 0 bridgehead atoms. The van der Waals surface area contributed by atoms with Crippen molar-refractivity contribution in [3.05, 3.63) is 64.7 Å². The van der Waals surface area contributed by atoms with Gasteiger partial charge in [-0.15, -0.1) is 0 Å². The summed E-state index contributed by atoms with van der Waals surface area (Å²) < 4.78 is 20.6. The lowest BCUT2D eigenvalue weighted by molar-refractivity contribution is -0.151. The van der Waals surface area contributed by atoms with Gasteiger partial charge in [-0.2, -0.15) is 0 Å². The van der Waals surface area contributed by atoms with Crippen LogP contribution in [0.3, 0.4) is 0 Å². The van der Waals surface area contributed by atoms with E-state index in [1.54, 1.807) is 31.2 Å². The Morgan fingerprint density at radius 3 is 2.53 bits per heavy atom. The van der Waals surface area contributed by atoms with Gasteiger partial charge in [0.25, 0.3) is 0 Å². The van der Waals surface area contributed by atoms with Crippen LogP contribution >= 0.6 is 0 Å². The number of rotatable bonds is 10. The van der Waals surface area contributed by atoms with Crippen LogP contribution < -0.4 is 5.32 Å². The van der Waals surface area contributed by atoms with Gasteiger partial charge in [-0.3, -0.25) is 19.5 Å². The third kappa shape index (κ3) is 6.41. The number of aromatic nitrogens is 1. The molecule has 7 nitrogen and oxygen atoms in total. The molecular weight excluding hydrogens is 483 g/mol. The molecule has 208 valence electrons. The van der Waals surface area contributed by atoms with Crippen LogP contribution in [-0.2, 0) is 20.9 Å². The molecule has 1 saturated carbocycles. The summed E-state index contributed by atoms with van der Waals surface area (Å²) in [7, 11) is 1.62. The van der Waals surface area contributed by atoms with Crippen LogP contribution in [0.25, 0.3) is 0 Å². The molecule has 0 unspecified atom stereocenters. The van der Waals surface area contributed by atoms with Gasteiger partial charge in [-0.1, -0.05) is 38.1 Å². The number of pyridine rings is 1. The number of halogens is 1. The summed E-state index contributed by atoms with van der Waals surface area (Å²) in [6.45, 7) is 9.00. The lowest BCUT2D eigenvalue weighted by Gasteiger charge is -2.47. The Hall–Kier alpha value is -2.84. The Bertz CT molecular complexity index is 1130. The number of hydrogen-bond donors (Lipinski definition) is 1. The van der Waals surface area contributed by atoms with Gasteiger partial charge in [0.15, 0.2) is 0 Å². The first-order chi connectivity index (χ1) is 18.2. The SMILES string of the molecule is COCC[C@H](c1nccc(C)c1F)N1C[C@@H](C)N(C(=O)C(C)C)[C@@H](C(=O)NCc2ccc(C3CC3)cc2)C1.[HH]. The van der Waals surface area contributed by atoms with Gasteiger partial charge in [0.1, 0.15) is 11.9 Å². The minimum atomic E-state index is -0.697. The maximum Gasteiger partial charge on any atom is 0.244 e. The van der Waals surface area contributed by atoms with Crippen LogP contribution in [0.4, 0.5) is 4.39 Å². The molecule has 3 atom stereocenters. The van der Waals surface area contributed by atoms with E-state index in [2.05, 4.69) is 39.5 Å². The van der Waals surface area contributed by atoms with E-state index < -0.39 is 6.04 Å². The number of nitrogens with zero attached hydrogens (tertiary/aromatic N) is 3. The average Bonchev–Trinajstić information content (AvgIpc) is 3.75. The predicted octanol–water partition coefficient (Wildman–Crippen LogP) is 4.60. The van der Waals surface area contributed by atoms with Gasteiger partial charge in [0.05, 0.1) is 11.7 Å². The zero-order valence-electron chi connectivity index (χ0n) is 23.2. The Kier molecular flexibility index (Phi) is 9.15. The second kappa shape index (κ2) is 12.3. The second-order valence-electron chi connectivity index (χ2n) is 11.1. The zero-order valence-corrected chi connectivity index (χ0v) is 23.2. The standard InChI is InChI=1S/C30H41FN4O3.H2/c1-19(2)30(37)35-21(4)17-34(25(13-15-38-5)28-27(31)20(3)12-14-32-28)18-26(35)29(36)33-16-22-6-8-23(9-7-22)24-10-11-24;/h6-9,12,14,19,21,24-26H,10-11,13,15-18H2,1-5H3,(H,33,36);1H/t21-,25-,26-;/m1./s1. The van der Waals surface area contributed by atoms with E-state index in [-0.39, 0.29) is 37.1 Å². The van der Waals surface area contributed by atoms with Gasteiger partial charge in [0.2, 0.25) is 11.8 Å². The Balaban J connectivity index is 0.00000420. The van der Waals surface area contributed by atoms with Crippen LogP contribution in [0.1, 0.15) is 75.8 Å². The van der Waals surface area contributed by atoms with E-state index in [0.717, 1.165) is 5.56 Å². The molecular formula is C30H43FN4O3. The van der Waals surface area contributed by atoms with Crippen molar-refractivity contribution in [2.45, 2.75) is 77.5 Å². The highest BCUT2D eigenvalue weighted by Crippen LogP contribution is 2.40. The number of carbonyl (C=O) groups is 2. The van der Waals surface area contributed by atoms with E-state index in [0.29, 0.717) is 49.8 Å². The first kappa shape index (κ1) is 28.2. The van der Waals surface area contributed by atoms with Crippen LogP contribution in [0.5, 0.6) is 0 Å². The first-order valence-corrected chi connectivity index (χ1v) is 13.7. The van der Waals surface area contributed by atoms with E-state index in [1.807, 2.05) is 20.8 Å². The molecule has 1 aliphatic carbocycles. The smallest absolute Gasteiger partial charge is 0.244 e. The summed E-state index contributed by atoms with van der Waals surface area (Å²) >= 11 is 0. The Morgan fingerprint density at radius 2 is 1.89 bits per heavy atom. The van der Waals surface area contributed by atoms with E-state index in [1.165, 1.54) is 18.4 Å². The maximum absolute atomic E-state index is 15.2. The van der Waals surface area contributed by atoms with Crippen molar-refractivity contribution in [1.29, 1.82) is 0 Å². The van der Waals surface area contributed by atoms with Crippen LogP contribution in [0.15, 0.2) is 36.5 Å². The topological polar surface area (TPSA) is 74.8 Å². The molecule has 1 aromatic heterocycles. The number of amides is 2. The summed E-state index contributed by atoms with van der Waals surface area (Å²) in [6.07, 6.45) is 4.64. The quantitative estimate of drug-likeness (QED) is 0.490. The number of nitrogens with one attached hydrogen (secondary N) is 1. The fourth-order valence-corrected chi connectivity index (χ4v) is 5.40. The number of hydrogen-bond acceptors (Lipinski definition) is 5.